The maximum absolute atomic E-state index is 12.1. The third-order valence-corrected chi connectivity index (χ3v) is 4.16. The highest BCUT2D eigenvalue weighted by Crippen LogP contribution is 2.23. The van der Waals surface area contributed by atoms with Gasteiger partial charge >= 0.3 is 5.97 Å². The predicted octanol–water partition coefficient (Wildman–Crippen LogP) is 3.35. The van der Waals surface area contributed by atoms with Gasteiger partial charge in [0.25, 0.3) is 5.91 Å². The van der Waals surface area contributed by atoms with Gasteiger partial charge in [0.2, 0.25) is 0 Å². The van der Waals surface area contributed by atoms with Gasteiger partial charge in [-0.3, -0.25) is 14.3 Å². The fourth-order valence-corrected chi connectivity index (χ4v) is 2.56. The lowest BCUT2D eigenvalue weighted by molar-refractivity contribution is -0.119. The summed E-state index contributed by atoms with van der Waals surface area (Å²) in [7, 11) is 1.69. The lowest BCUT2D eigenvalue weighted by Crippen LogP contribution is -2.22. The number of esters is 1. The van der Waals surface area contributed by atoms with Crippen molar-refractivity contribution in [1.29, 1.82) is 0 Å². The highest BCUT2D eigenvalue weighted by molar-refractivity contribution is 6.30. The molecule has 0 spiro atoms. The molecule has 0 aliphatic rings. The van der Waals surface area contributed by atoms with Crippen LogP contribution in [0.1, 0.15) is 20.7 Å². The maximum Gasteiger partial charge on any atom is 0.338 e. The molecule has 0 aliphatic carbocycles. The molecular weight excluding hydrogens is 382 g/mol. The lowest BCUT2D eigenvalue weighted by Gasteiger charge is -2.06. The highest BCUT2D eigenvalue weighted by Gasteiger charge is 2.13. The average Bonchev–Trinajstić information content (AvgIpc) is 3.07. The van der Waals surface area contributed by atoms with Crippen LogP contribution >= 0.6 is 11.6 Å². The van der Waals surface area contributed by atoms with Gasteiger partial charge in [-0.05, 0) is 24.3 Å². The van der Waals surface area contributed by atoms with Crippen LogP contribution in [0.25, 0.3) is 11.3 Å². The Labute approximate surface area is 165 Å². The van der Waals surface area contributed by atoms with Gasteiger partial charge in [0.15, 0.2) is 6.61 Å². The summed E-state index contributed by atoms with van der Waals surface area (Å²) in [5.41, 5.74) is 2.22. The fourth-order valence-electron chi connectivity index (χ4n) is 2.44. The smallest absolute Gasteiger partial charge is 0.338 e. The molecule has 0 bridgehead atoms. The van der Waals surface area contributed by atoms with Gasteiger partial charge < -0.3 is 10.1 Å². The SMILES string of the molecule is Cn1nc(-c2ccc(Cl)cc2)cc1NC(=O)COC(=O)c1ccc(C=O)cc1. The number of ether oxygens (including phenoxy) is 1. The number of carbonyl (C=O) groups is 3. The predicted molar refractivity (Wildman–Crippen MR) is 104 cm³/mol. The molecule has 0 radical (unpaired) electrons. The number of amides is 1. The van der Waals surface area contributed by atoms with E-state index >= 15 is 0 Å². The van der Waals surface area contributed by atoms with Crippen molar-refractivity contribution in [3.63, 3.8) is 0 Å². The van der Waals surface area contributed by atoms with Crippen molar-refractivity contribution in [2.75, 3.05) is 11.9 Å². The minimum atomic E-state index is -0.653. The Morgan fingerprint density at radius 3 is 2.46 bits per heavy atom. The molecule has 7 nitrogen and oxygen atoms in total. The van der Waals surface area contributed by atoms with Crippen molar-refractivity contribution in [1.82, 2.24) is 9.78 Å². The Morgan fingerprint density at radius 2 is 1.82 bits per heavy atom. The van der Waals surface area contributed by atoms with Crippen LogP contribution in [-0.2, 0) is 16.6 Å². The molecule has 1 aromatic heterocycles. The Kier molecular flexibility index (Phi) is 5.86. The van der Waals surface area contributed by atoms with Crippen molar-refractivity contribution in [2.24, 2.45) is 7.05 Å². The zero-order valence-electron chi connectivity index (χ0n) is 14.9. The second-order valence-corrected chi connectivity index (χ2v) is 6.35. The Morgan fingerprint density at radius 1 is 1.14 bits per heavy atom. The second kappa shape index (κ2) is 8.49. The number of hydrogen-bond donors (Lipinski definition) is 1. The van der Waals surface area contributed by atoms with Gasteiger partial charge in [-0.2, -0.15) is 5.10 Å². The van der Waals surface area contributed by atoms with Crippen molar-refractivity contribution in [3.8, 4) is 11.3 Å². The zero-order valence-corrected chi connectivity index (χ0v) is 15.6. The minimum Gasteiger partial charge on any atom is -0.452 e. The number of aryl methyl sites for hydroxylation is 1. The minimum absolute atomic E-state index is 0.254. The van der Waals surface area contributed by atoms with E-state index < -0.39 is 18.5 Å². The third-order valence-electron chi connectivity index (χ3n) is 3.90. The van der Waals surface area contributed by atoms with Crippen molar-refractivity contribution in [2.45, 2.75) is 0 Å². The van der Waals surface area contributed by atoms with Crippen LogP contribution in [0.2, 0.25) is 5.02 Å². The molecule has 0 unspecified atom stereocenters. The second-order valence-electron chi connectivity index (χ2n) is 5.91. The van der Waals surface area contributed by atoms with Crippen LogP contribution in [0.5, 0.6) is 0 Å². The molecule has 0 fully saturated rings. The standard InChI is InChI=1S/C20H16ClN3O4/c1-24-18(10-17(23-24)14-6-8-16(21)9-7-14)22-19(26)12-28-20(27)15-4-2-13(11-25)3-5-15/h2-11H,12H2,1H3,(H,22,26). The highest BCUT2D eigenvalue weighted by atomic mass is 35.5. The topological polar surface area (TPSA) is 90.3 Å². The number of hydrogen-bond acceptors (Lipinski definition) is 5. The van der Waals surface area contributed by atoms with E-state index in [1.54, 1.807) is 25.2 Å². The van der Waals surface area contributed by atoms with Gasteiger partial charge in [-0.25, -0.2) is 4.79 Å². The number of aldehydes is 1. The van der Waals surface area contributed by atoms with E-state index in [9.17, 15) is 14.4 Å². The fraction of sp³-hybridized carbons (Fsp3) is 0.100. The van der Waals surface area contributed by atoms with Gasteiger partial charge in [-0.1, -0.05) is 35.9 Å². The first-order valence-corrected chi connectivity index (χ1v) is 8.66. The molecule has 142 valence electrons. The molecule has 1 amide bonds. The first-order valence-electron chi connectivity index (χ1n) is 8.28. The van der Waals surface area contributed by atoms with E-state index in [4.69, 9.17) is 16.3 Å². The number of aromatic nitrogens is 2. The molecular formula is C20H16ClN3O4. The van der Waals surface area contributed by atoms with Crippen LogP contribution < -0.4 is 5.32 Å². The van der Waals surface area contributed by atoms with Crippen LogP contribution in [-0.4, -0.2) is 34.6 Å². The summed E-state index contributed by atoms with van der Waals surface area (Å²) in [6.07, 6.45) is 0.675. The molecule has 0 saturated carbocycles. The molecule has 0 atom stereocenters. The Bertz CT molecular complexity index is 1010. The van der Waals surface area contributed by atoms with Crippen LogP contribution in [0.3, 0.4) is 0 Å². The summed E-state index contributed by atoms with van der Waals surface area (Å²) in [5, 5.41) is 7.62. The molecule has 2 aromatic carbocycles. The number of nitrogens with one attached hydrogen (secondary N) is 1. The summed E-state index contributed by atoms with van der Waals surface area (Å²) in [4.78, 5) is 34.7. The number of rotatable bonds is 6. The van der Waals surface area contributed by atoms with Gasteiger partial charge in [0, 0.05) is 29.3 Å². The molecule has 28 heavy (non-hydrogen) atoms. The van der Waals surface area contributed by atoms with Crippen molar-refractivity contribution < 1.29 is 19.1 Å². The monoisotopic (exact) mass is 397 g/mol. The number of anilines is 1. The van der Waals surface area contributed by atoms with Crippen molar-refractivity contribution >= 4 is 35.6 Å². The molecule has 1 N–H and O–H groups in total. The molecule has 0 aliphatic heterocycles. The van der Waals surface area contributed by atoms with Gasteiger partial charge in [0.05, 0.1) is 11.3 Å². The molecule has 3 aromatic rings. The number of nitrogens with zero attached hydrogens (tertiary/aromatic N) is 2. The van der Waals surface area contributed by atoms with Crippen LogP contribution in [0.15, 0.2) is 54.6 Å². The van der Waals surface area contributed by atoms with E-state index in [0.717, 1.165) is 5.56 Å². The first kappa shape index (κ1) is 19.3. The van der Waals surface area contributed by atoms with Gasteiger partial charge in [-0.15, -0.1) is 0 Å². The van der Waals surface area contributed by atoms with Crippen LogP contribution in [0, 0.1) is 0 Å². The molecule has 3 rings (SSSR count). The summed E-state index contributed by atoms with van der Waals surface area (Å²) in [6.45, 7) is -0.449. The normalized spacial score (nSPS) is 10.4. The molecule has 1 heterocycles. The summed E-state index contributed by atoms with van der Waals surface area (Å²) in [6, 6.07) is 14.8. The van der Waals surface area contributed by atoms with E-state index in [2.05, 4.69) is 10.4 Å². The van der Waals surface area contributed by atoms with E-state index in [1.165, 1.54) is 28.9 Å². The quantitative estimate of drug-likeness (QED) is 0.509. The third kappa shape index (κ3) is 4.63. The Hall–Kier alpha value is -3.45. The largest absolute Gasteiger partial charge is 0.452 e. The summed E-state index contributed by atoms with van der Waals surface area (Å²) >= 11 is 5.88. The summed E-state index contributed by atoms with van der Waals surface area (Å²) in [5.74, 6) is -0.690. The Balaban J connectivity index is 1.59. The maximum atomic E-state index is 12.1. The number of carbonyl (C=O) groups excluding carboxylic acids is 3. The van der Waals surface area contributed by atoms with Crippen LogP contribution in [0.4, 0.5) is 5.82 Å². The number of benzene rings is 2. The lowest BCUT2D eigenvalue weighted by atomic mass is 10.1. The van der Waals surface area contributed by atoms with E-state index in [1.807, 2.05) is 12.1 Å². The first-order chi connectivity index (χ1) is 13.5. The van der Waals surface area contributed by atoms with E-state index in [-0.39, 0.29) is 5.56 Å². The van der Waals surface area contributed by atoms with Gasteiger partial charge in [0.1, 0.15) is 12.1 Å². The average molecular weight is 398 g/mol. The molecule has 8 heteroatoms. The van der Waals surface area contributed by atoms with E-state index in [0.29, 0.717) is 28.4 Å². The van der Waals surface area contributed by atoms with Crippen molar-refractivity contribution in [3.05, 3.63) is 70.7 Å². The molecule has 0 saturated heterocycles. The zero-order chi connectivity index (χ0) is 20.1. The number of halogens is 1. The summed E-state index contributed by atoms with van der Waals surface area (Å²) < 4.78 is 6.51.